The van der Waals surface area contributed by atoms with Gasteiger partial charge in [0.15, 0.2) is 0 Å². The van der Waals surface area contributed by atoms with Crippen molar-refractivity contribution in [3.63, 3.8) is 0 Å². The molecule has 0 aromatic heterocycles. The largest absolute Gasteiger partial charge is 0.384 e. The first-order valence-electron chi connectivity index (χ1n) is 5.42. The van der Waals surface area contributed by atoms with Crippen LogP contribution in [0.25, 0.3) is 0 Å². The number of nitrogens with zero attached hydrogens (tertiary/aromatic N) is 1. The SMILES string of the molecule is N#Cc1ccc(NCC2CSCCS2)cc1Br. The highest BCUT2D eigenvalue weighted by molar-refractivity contribution is 9.10. The lowest BCUT2D eigenvalue weighted by Crippen LogP contribution is -2.23. The van der Waals surface area contributed by atoms with Crippen molar-refractivity contribution in [1.82, 2.24) is 0 Å². The molecule has 1 aliphatic rings. The molecule has 1 aliphatic heterocycles. The number of nitriles is 1. The van der Waals surface area contributed by atoms with Crippen molar-refractivity contribution in [3.8, 4) is 6.07 Å². The fourth-order valence-corrected chi connectivity index (χ4v) is 4.68. The molecule has 90 valence electrons. The molecule has 0 amide bonds. The van der Waals surface area contributed by atoms with Crippen LogP contribution in [0.3, 0.4) is 0 Å². The second-order valence-corrected chi connectivity index (χ2v) is 7.17. The molecule has 1 heterocycles. The Morgan fingerprint density at radius 1 is 1.47 bits per heavy atom. The van der Waals surface area contributed by atoms with Gasteiger partial charge in [0.25, 0.3) is 0 Å². The van der Waals surface area contributed by atoms with Gasteiger partial charge >= 0.3 is 0 Å². The summed E-state index contributed by atoms with van der Waals surface area (Å²) in [4.78, 5) is 0. The zero-order chi connectivity index (χ0) is 12.1. The molecule has 0 spiro atoms. The van der Waals surface area contributed by atoms with E-state index in [1.165, 1.54) is 17.3 Å². The normalized spacial score (nSPS) is 19.6. The predicted molar refractivity (Wildman–Crippen MR) is 80.9 cm³/mol. The lowest BCUT2D eigenvalue weighted by Gasteiger charge is -2.21. The maximum Gasteiger partial charge on any atom is 0.100 e. The molecule has 0 bridgehead atoms. The predicted octanol–water partition coefficient (Wildman–Crippen LogP) is 3.58. The van der Waals surface area contributed by atoms with Gasteiger partial charge in [-0.15, -0.1) is 0 Å². The van der Waals surface area contributed by atoms with Crippen LogP contribution in [0.2, 0.25) is 0 Å². The van der Waals surface area contributed by atoms with Crippen LogP contribution >= 0.6 is 39.5 Å². The van der Waals surface area contributed by atoms with Gasteiger partial charge in [-0.2, -0.15) is 28.8 Å². The summed E-state index contributed by atoms with van der Waals surface area (Å²) in [5, 5.41) is 13.0. The molecule has 1 atom stereocenters. The van der Waals surface area contributed by atoms with E-state index in [-0.39, 0.29) is 0 Å². The molecule has 1 N–H and O–H groups in total. The van der Waals surface area contributed by atoms with Crippen molar-refractivity contribution >= 4 is 45.1 Å². The summed E-state index contributed by atoms with van der Waals surface area (Å²) in [7, 11) is 0. The van der Waals surface area contributed by atoms with Gasteiger partial charge in [0.1, 0.15) is 6.07 Å². The fourth-order valence-electron chi connectivity index (χ4n) is 1.60. The summed E-state index contributed by atoms with van der Waals surface area (Å²) in [6.45, 7) is 0.996. The van der Waals surface area contributed by atoms with E-state index in [0.29, 0.717) is 10.8 Å². The molecule has 5 heteroatoms. The summed E-state index contributed by atoms with van der Waals surface area (Å²) < 4.78 is 0.857. The lowest BCUT2D eigenvalue weighted by molar-refractivity contribution is 1.00. The molecule has 1 fully saturated rings. The second-order valence-electron chi connectivity index (χ2n) is 3.76. The van der Waals surface area contributed by atoms with Crippen LogP contribution in [0.5, 0.6) is 0 Å². The quantitative estimate of drug-likeness (QED) is 0.919. The average molecular weight is 329 g/mol. The third-order valence-electron chi connectivity index (χ3n) is 2.51. The van der Waals surface area contributed by atoms with Crippen LogP contribution in [-0.4, -0.2) is 29.1 Å². The van der Waals surface area contributed by atoms with E-state index in [2.05, 4.69) is 27.3 Å². The fraction of sp³-hybridized carbons (Fsp3) is 0.417. The average Bonchev–Trinajstić information content (AvgIpc) is 2.38. The number of nitrogens with one attached hydrogen (secondary N) is 1. The van der Waals surface area contributed by atoms with Gasteiger partial charge in [-0.3, -0.25) is 0 Å². The molecule has 0 radical (unpaired) electrons. The number of halogens is 1. The monoisotopic (exact) mass is 328 g/mol. The first-order valence-corrected chi connectivity index (χ1v) is 8.42. The van der Waals surface area contributed by atoms with Crippen molar-refractivity contribution in [1.29, 1.82) is 5.26 Å². The van der Waals surface area contributed by atoms with E-state index in [0.717, 1.165) is 16.7 Å². The number of benzene rings is 1. The van der Waals surface area contributed by atoms with Crippen LogP contribution < -0.4 is 5.32 Å². The van der Waals surface area contributed by atoms with Gasteiger partial charge in [-0.1, -0.05) is 0 Å². The topological polar surface area (TPSA) is 35.8 Å². The summed E-state index contributed by atoms with van der Waals surface area (Å²) in [5.74, 6) is 3.77. The van der Waals surface area contributed by atoms with Crippen molar-refractivity contribution in [2.75, 3.05) is 29.1 Å². The highest BCUT2D eigenvalue weighted by Gasteiger charge is 2.13. The van der Waals surface area contributed by atoms with E-state index < -0.39 is 0 Å². The minimum atomic E-state index is 0.679. The number of hydrogen-bond donors (Lipinski definition) is 1. The Bertz CT molecular complexity index is 425. The van der Waals surface area contributed by atoms with Crippen LogP contribution in [0.4, 0.5) is 5.69 Å². The number of anilines is 1. The molecule has 17 heavy (non-hydrogen) atoms. The van der Waals surface area contributed by atoms with E-state index in [4.69, 9.17) is 5.26 Å². The van der Waals surface area contributed by atoms with Crippen LogP contribution in [0.1, 0.15) is 5.56 Å². The van der Waals surface area contributed by atoms with Crippen molar-refractivity contribution < 1.29 is 0 Å². The van der Waals surface area contributed by atoms with Gasteiger partial charge < -0.3 is 5.32 Å². The maximum absolute atomic E-state index is 8.84. The van der Waals surface area contributed by atoms with E-state index in [9.17, 15) is 0 Å². The number of hydrogen-bond acceptors (Lipinski definition) is 4. The zero-order valence-electron chi connectivity index (χ0n) is 9.28. The Kier molecular flexibility index (Phi) is 5.08. The van der Waals surface area contributed by atoms with Crippen molar-refractivity contribution in [2.24, 2.45) is 0 Å². The molecule has 2 nitrogen and oxygen atoms in total. The summed E-state index contributed by atoms with van der Waals surface area (Å²) >= 11 is 7.48. The lowest BCUT2D eigenvalue weighted by atomic mass is 10.2. The van der Waals surface area contributed by atoms with E-state index in [1.54, 1.807) is 0 Å². The molecule has 1 unspecified atom stereocenters. The second kappa shape index (κ2) is 6.58. The smallest absolute Gasteiger partial charge is 0.100 e. The summed E-state index contributed by atoms with van der Waals surface area (Å²) in [5.41, 5.74) is 1.75. The minimum Gasteiger partial charge on any atom is -0.384 e. The highest BCUT2D eigenvalue weighted by atomic mass is 79.9. The molecule has 0 saturated carbocycles. The Labute approximate surface area is 119 Å². The minimum absolute atomic E-state index is 0.679. The third kappa shape index (κ3) is 3.84. The molecule has 2 rings (SSSR count). The highest BCUT2D eigenvalue weighted by Crippen LogP contribution is 2.25. The molecular formula is C12H13BrN2S2. The Morgan fingerprint density at radius 3 is 3.00 bits per heavy atom. The molecule has 1 aromatic carbocycles. The van der Waals surface area contributed by atoms with Gasteiger partial charge in [0.05, 0.1) is 5.56 Å². The molecule has 1 saturated heterocycles. The summed E-state index contributed by atoms with van der Waals surface area (Å²) in [6, 6.07) is 7.92. The van der Waals surface area contributed by atoms with Crippen LogP contribution in [0.15, 0.2) is 22.7 Å². The van der Waals surface area contributed by atoms with E-state index >= 15 is 0 Å². The molecular weight excluding hydrogens is 316 g/mol. The van der Waals surface area contributed by atoms with Crippen LogP contribution in [-0.2, 0) is 0 Å². The van der Waals surface area contributed by atoms with Gasteiger partial charge in [-0.05, 0) is 34.1 Å². The number of thioether (sulfide) groups is 2. The van der Waals surface area contributed by atoms with Gasteiger partial charge in [0.2, 0.25) is 0 Å². The number of rotatable bonds is 3. The van der Waals surface area contributed by atoms with Gasteiger partial charge in [0, 0.05) is 39.2 Å². The zero-order valence-corrected chi connectivity index (χ0v) is 12.5. The molecule has 0 aliphatic carbocycles. The van der Waals surface area contributed by atoms with Crippen molar-refractivity contribution in [2.45, 2.75) is 5.25 Å². The first-order chi connectivity index (χ1) is 8.29. The maximum atomic E-state index is 8.84. The molecule has 1 aromatic rings. The Balaban J connectivity index is 1.90. The Hall–Kier alpha value is -0.310. The summed E-state index contributed by atoms with van der Waals surface area (Å²) in [6.07, 6.45) is 0. The van der Waals surface area contributed by atoms with E-state index in [1.807, 2.05) is 41.7 Å². The Morgan fingerprint density at radius 2 is 2.35 bits per heavy atom. The standard InChI is InChI=1S/C12H13BrN2S2/c13-12-5-10(2-1-9(12)6-14)15-7-11-8-16-3-4-17-11/h1-2,5,11,15H,3-4,7-8H2. The third-order valence-corrected chi connectivity index (χ3v) is 6.01. The van der Waals surface area contributed by atoms with Gasteiger partial charge in [-0.25, -0.2) is 0 Å². The van der Waals surface area contributed by atoms with Crippen LogP contribution in [0, 0.1) is 11.3 Å². The first kappa shape index (κ1) is 13.1. The van der Waals surface area contributed by atoms with Crippen molar-refractivity contribution in [3.05, 3.63) is 28.2 Å².